The van der Waals surface area contributed by atoms with Crippen molar-refractivity contribution in [2.45, 2.75) is 45.2 Å². The topological polar surface area (TPSA) is 105 Å². The van der Waals surface area contributed by atoms with Gasteiger partial charge in [0.15, 0.2) is 0 Å². The minimum Gasteiger partial charge on any atom is -0.480 e. The van der Waals surface area contributed by atoms with E-state index >= 15 is 0 Å². The maximum absolute atomic E-state index is 11.6. The Hall–Kier alpha value is -1.63. The Morgan fingerprint density at radius 2 is 1.95 bits per heavy atom. The molecule has 1 unspecified atom stereocenters. The molecule has 0 aliphatic carbocycles. The van der Waals surface area contributed by atoms with E-state index in [2.05, 4.69) is 15.4 Å². The van der Waals surface area contributed by atoms with E-state index < -0.39 is 18.0 Å². The predicted octanol–water partition coefficient (Wildman–Crippen LogP) is -0.103. The molecule has 0 fully saturated rings. The van der Waals surface area contributed by atoms with Gasteiger partial charge in [0.2, 0.25) is 5.91 Å². The Morgan fingerprint density at radius 3 is 2.42 bits per heavy atom. The Labute approximate surface area is 112 Å². The average molecular weight is 274 g/mol. The van der Waals surface area contributed by atoms with Gasteiger partial charge in [0.1, 0.15) is 6.04 Å². The number of nitrogens with one attached hydrogen (secondary N) is 2. The number of carboxylic acid groups (broad SMARTS) is 1. The Balaban J connectivity index is 4.22. The number of ether oxygens (including phenoxy) is 1. The lowest BCUT2D eigenvalue weighted by Gasteiger charge is -2.16. The SMILES string of the molecule is CCNC(C)CC(=O)N[C@H](CCC(=O)OC)C(=O)O. The molecule has 2 atom stereocenters. The molecule has 3 N–H and O–H groups in total. The van der Waals surface area contributed by atoms with Crippen LogP contribution in [0.3, 0.4) is 0 Å². The Morgan fingerprint density at radius 1 is 1.32 bits per heavy atom. The number of carboxylic acids is 1. The van der Waals surface area contributed by atoms with E-state index in [-0.39, 0.29) is 31.2 Å². The van der Waals surface area contributed by atoms with Gasteiger partial charge in [-0.2, -0.15) is 0 Å². The van der Waals surface area contributed by atoms with E-state index in [0.717, 1.165) is 6.54 Å². The van der Waals surface area contributed by atoms with Gasteiger partial charge in [-0.15, -0.1) is 0 Å². The van der Waals surface area contributed by atoms with Gasteiger partial charge in [-0.1, -0.05) is 6.92 Å². The first kappa shape index (κ1) is 17.4. The van der Waals surface area contributed by atoms with Crippen molar-refractivity contribution < 1.29 is 24.2 Å². The third kappa shape index (κ3) is 8.15. The van der Waals surface area contributed by atoms with Crippen LogP contribution in [0.4, 0.5) is 0 Å². The number of rotatable bonds is 9. The normalized spacial score (nSPS) is 13.4. The van der Waals surface area contributed by atoms with E-state index in [9.17, 15) is 14.4 Å². The summed E-state index contributed by atoms with van der Waals surface area (Å²) in [6.07, 6.45) is 0.162. The molecular formula is C12H22N2O5. The number of amides is 1. The molecular weight excluding hydrogens is 252 g/mol. The molecule has 7 heteroatoms. The summed E-state index contributed by atoms with van der Waals surface area (Å²) in [5.74, 6) is -2.01. The van der Waals surface area contributed by atoms with Crippen LogP contribution in [0.15, 0.2) is 0 Å². The molecule has 0 radical (unpaired) electrons. The van der Waals surface area contributed by atoms with Crippen molar-refractivity contribution in [2.24, 2.45) is 0 Å². The van der Waals surface area contributed by atoms with Gasteiger partial charge < -0.3 is 20.5 Å². The molecule has 0 aromatic carbocycles. The number of carbonyl (C=O) groups is 3. The second-order valence-electron chi connectivity index (χ2n) is 4.24. The number of hydrogen-bond acceptors (Lipinski definition) is 5. The van der Waals surface area contributed by atoms with Crippen LogP contribution in [-0.2, 0) is 19.1 Å². The zero-order valence-corrected chi connectivity index (χ0v) is 11.6. The fraction of sp³-hybridized carbons (Fsp3) is 0.750. The molecule has 0 aromatic rings. The standard InChI is InChI=1S/C12H22N2O5/c1-4-13-8(2)7-10(15)14-9(12(17)18)5-6-11(16)19-3/h8-9,13H,4-7H2,1-3H3,(H,14,15)(H,17,18)/t8?,9-/m1/s1. The Kier molecular flexibility index (Phi) is 8.52. The summed E-state index contributed by atoms with van der Waals surface area (Å²) in [6, 6.07) is -1.10. The van der Waals surface area contributed by atoms with Gasteiger partial charge in [0.05, 0.1) is 7.11 Å². The van der Waals surface area contributed by atoms with Crippen molar-refractivity contribution in [1.29, 1.82) is 0 Å². The molecule has 110 valence electrons. The summed E-state index contributed by atoms with van der Waals surface area (Å²) >= 11 is 0. The lowest BCUT2D eigenvalue weighted by Crippen LogP contribution is -2.43. The third-order valence-corrected chi connectivity index (χ3v) is 2.54. The number of esters is 1. The molecule has 0 aliphatic heterocycles. The van der Waals surface area contributed by atoms with Crippen LogP contribution in [0, 0.1) is 0 Å². The molecule has 0 heterocycles. The van der Waals surface area contributed by atoms with Gasteiger partial charge in [0.25, 0.3) is 0 Å². The highest BCUT2D eigenvalue weighted by atomic mass is 16.5. The van der Waals surface area contributed by atoms with E-state index in [1.54, 1.807) is 0 Å². The molecule has 0 aliphatic rings. The van der Waals surface area contributed by atoms with Crippen LogP contribution in [0.2, 0.25) is 0 Å². The highest BCUT2D eigenvalue weighted by molar-refractivity contribution is 5.84. The molecule has 7 nitrogen and oxygen atoms in total. The van der Waals surface area contributed by atoms with Gasteiger partial charge in [-0.05, 0) is 19.9 Å². The minimum atomic E-state index is -1.16. The van der Waals surface area contributed by atoms with Crippen LogP contribution in [-0.4, -0.2) is 48.7 Å². The van der Waals surface area contributed by atoms with Crippen molar-refractivity contribution in [2.75, 3.05) is 13.7 Å². The molecule has 19 heavy (non-hydrogen) atoms. The summed E-state index contributed by atoms with van der Waals surface area (Å²) in [7, 11) is 1.23. The van der Waals surface area contributed by atoms with Gasteiger partial charge >= 0.3 is 11.9 Å². The predicted molar refractivity (Wildman–Crippen MR) is 68.6 cm³/mol. The summed E-state index contributed by atoms with van der Waals surface area (Å²) in [4.78, 5) is 33.5. The first-order valence-electron chi connectivity index (χ1n) is 6.23. The number of aliphatic carboxylic acids is 1. The molecule has 0 rings (SSSR count). The number of carbonyl (C=O) groups excluding carboxylic acids is 2. The lowest BCUT2D eigenvalue weighted by molar-refractivity contribution is -0.144. The van der Waals surface area contributed by atoms with Crippen LogP contribution in [0.25, 0.3) is 0 Å². The molecule has 1 amide bonds. The fourth-order valence-electron chi connectivity index (χ4n) is 1.57. The second kappa shape index (κ2) is 9.32. The van der Waals surface area contributed by atoms with E-state index in [4.69, 9.17) is 5.11 Å². The minimum absolute atomic E-state index is 0.0172. The van der Waals surface area contributed by atoms with Gasteiger partial charge in [-0.25, -0.2) is 4.79 Å². The monoisotopic (exact) mass is 274 g/mol. The number of hydrogen-bond donors (Lipinski definition) is 3. The van der Waals surface area contributed by atoms with Gasteiger partial charge in [0, 0.05) is 18.9 Å². The molecule has 0 spiro atoms. The fourth-order valence-corrected chi connectivity index (χ4v) is 1.57. The van der Waals surface area contributed by atoms with Crippen LogP contribution in [0.5, 0.6) is 0 Å². The second-order valence-corrected chi connectivity index (χ2v) is 4.24. The van der Waals surface area contributed by atoms with Crippen LogP contribution >= 0.6 is 0 Å². The zero-order chi connectivity index (χ0) is 14.8. The first-order valence-corrected chi connectivity index (χ1v) is 6.23. The molecule has 0 saturated carbocycles. The average Bonchev–Trinajstić information content (AvgIpc) is 2.33. The Bertz CT molecular complexity index is 319. The van der Waals surface area contributed by atoms with Crippen LogP contribution < -0.4 is 10.6 Å². The largest absolute Gasteiger partial charge is 0.480 e. The first-order chi connectivity index (χ1) is 8.90. The van der Waals surface area contributed by atoms with Crippen molar-refractivity contribution in [3.8, 4) is 0 Å². The van der Waals surface area contributed by atoms with Crippen molar-refractivity contribution >= 4 is 17.8 Å². The summed E-state index contributed by atoms with van der Waals surface area (Å²) in [6.45, 7) is 4.50. The van der Waals surface area contributed by atoms with Crippen LogP contribution in [0.1, 0.15) is 33.1 Å². The molecule has 0 aromatic heterocycles. The third-order valence-electron chi connectivity index (χ3n) is 2.54. The quantitative estimate of drug-likeness (QED) is 0.507. The van der Waals surface area contributed by atoms with E-state index in [0.29, 0.717) is 0 Å². The zero-order valence-electron chi connectivity index (χ0n) is 11.6. The highest BCUT2D eigenvalue weighted by Crippen LogP contribution is 2.01. The smallest absolute Gasteiger partial charge is 0.326 e. The van der Waals surface area contributed by atoms with E-state index in [1.807, 2.05) is 13.8 Å². The molecule has 0 bridgehead atoms. The van der Waals surface area contributed by atoms with Gasteiger partial charge in [-0.3, -0.25) is 9.59 Å². The maximum atomic E-state index is 11.6. The maximum Gasteiger partial charge on any atom is 0.326 e. The molecule has 0 saturated heterocycles. The van der Waals surface area contributed by atoms with Crippen molar-refractivity contribution in [1.82, 2.24) is 10.6 Å². The summed E-state index contributed by atoms with van der Waals surface area (Å²) in [5, 5.41) is 14.4. The highest BCUT2D eigenvalue weighted by Gasteiger charge is 2.21. The lowest BCUT2D eigenvalue weighted by atomic mass is 10.1. The van der Waals surface area contributed by atoms with Crippen molar-refractivity contribution in [3.63, 3.8) is 0 Å². The van der Waals surface area contributed by atoms with Crippen molar-refractivity contribution in [3.05, 3.63) is 0 Å². The summed E-state index contributed by atoms with van der Waals surface area (Å²) < 4.78 is 4.43. The summed E-state index contributed by atoms with van der Waals surface area (Å²) in [5.41, 5.74) is 0. The number of methoxy groups -OCH3 is 1. The van der Waals surface area contributed by atoms with E-state index in [1.165, 1.54) is 7.11 Å².